The number of phenolic OH excluding ortho intramolecular Hbond substituents is 1. The van der Waals surface area contributed by atoms with Crippen molar-refractivity contribution in [3.63, 3.8) is 0 Å². The second kappa shape index (κ2) is 7.77. The molecule has 1 N–H and O–H groups in total. The predicted octanol–water partition coefficient (Wildman–Crippen LogP) is 3.27. The molecule has 136 valence electrons. The number of benzene rings is 1. The molecule has 5 nitrogen and oxygen atoms in total. The minimum absolute atomic E-state index is 0.00583. The maximum Gasteiger partial charge on any atom is 0.257 e. The third-order valence-electron chi connectivity index (χ3n) is 5.29. The quantitative estimate of drug-likeness (QED) is 0.816. The fraction of sp³-hybridized carbons (Fsp3) is 0.579. The van der Waals surface area contributed by atoms with Crippen LogP contribution in [0.1, 0.15) is 43.0 Å². The lowest BCUT2D eigenvalue weighted by atomic mass is 9.92. The van der Waals surface area contributed by atoms with Gasteiger partial charge in [-0.3, -0.25) is 9.59 Å². The molecular formula is C19H25BrN2O3. The molecule has 0 bridgehead atoms. The summed E-state index contributed by atoms with van der Waals surface area (Å²) < 4.78 is 0.762. The summed E-state index contributed by atoms with van der Waals surface area (Å²) in [6.07, 6.45) is 3.69. The molecule has 2 aliphatic rings. The Morgan fingerprint density at radius 3 is 2.52 bits per heavy atom. The van der Waals surface area contributed by atoms with Gasteiger partial charge in [0.25, 0.3) is 5.91 Å². The Morgan fingerprint density at radius 1 is 1.12 bits per heavy atom. The molecule has 0 aromatic heterocycles. The van der Waals surface area contributed by atoms with Crippen LogP contribution in [0.3, 0.4) is 0 Å². The van der Waals surface area contributed by atoms with Crippen molar-refractivity contribution in [2.45, 2.75) is 32.6 Å². The highest BCUT2D eigenvalue weighted by molar-refractivity contribution is 9.10. The van der Waals surface area contributed by atoms with Gasteiger partial charge in [0.05, 0.1) is 5.56 Å². The van der Waals surface area contributed by atoms with Gasteiger partial charge in [0, 0.05) is 36.6 Å². The molecule has 0 aliphatic carbocycles. The van der Waals surface area contributed by atoms with Gasteiger partial charge in [-0.1, -0.05) is 22.9 Å². The van der Waals surface area contributed by atoms with Gasteiger partial charge >= 0.3 is 0 Å². The molecule has 0 radical (unpaired) electrons. The van der Waals surface area contributed by atoms with E-state index in [0.717, 1.165) is 24.0 Å². The zero-order valence-electron chi connectivity index (χ0n) is 14.6. The summed E-state index contributed by atoms with van der Waals surface area (Å²) in [7, 11) is 0. The Hall–Kier alpha value is -1.56. The number of aromatic hydroxyl groups is 1. The minimum atomic E-state index is -0.170. The monoisotopic (exact) mass is 408 g/mol. The first-order valence-corrected chi connectivity index (χ1v) is 9.81. The molecule has 6 heteroatoms. The van der Waals surface area contributed by atoms with Crippen molar-refractivity contribution in [2.24, 2.45) is 11.8 Å². The summed E-state index contributed by atoms with van der Waals surface area (Å²) in [5.74, 6) is 0.679. The summed E-state index contributed by atoms with van der Waals surface area (Å²) in [6, 6.07) is 4.87. The van der Waals surface area contributed by atoms with Gasteiger partial charge < -0.3 is 14.9 Å². The lowest BCUT2D eigenvalue weighted by Gasteiger charge is -2.37. The molecule has 0 spiro atoms. The van der Waals surface area contributed by atoms with Crippen LogP contribution in [0.2, 0.25) is 0 Å². The Labute approximate surface area is 157 Å². The Balaban J connectivity index is 1.59. The van der Waals surface area contributed by atoms with Gasteiger partial charge in [0.2, 0.25) is 5.91 Å². The summed E-state index contributed by atoms with van der Waals surface area (Å²) in [4.78, 5) is 29.1. The van der Waals surface area contributed by atoms with Gasteiger partial charge in [-0.05, 0) is 49.8 Å². The van der Waals surface area contributed by atoms with Crippen LogP contribution in [0.5, 0.6) is 5.75 Å². The van der Waals surface area contributed by atoms with Crippen LogP contribution in [-0.2, 0) is 4.79 Å². The number of halogens is 1. The number of likely N-dealkylation sites (tertiary alicyclic amines) is 2. The number of amides is 2. The second-order valence-corrected chi connectivity index (χ2v) is 8.18. The first-order chi connectivity index (χ1) is 12.0. The Bertz CT molecular complexity index is 656. The molecule has 25 heavy (non-hydrogen) atoms. The number of hydrogen-bond donors (Lipinski definition) is 1. The molecule has 2 aliphatic heterocycles. The lowest BCUT2D eigenvalue weighted by molar-refractivity contribution is -0.138. The number of rotatable bonds is 2. The van der Waals surface area contributed by atoms with Crippen LogP contribution in [0, 0.1) is 11.8 Å². The number of nitrogens with zero attached hydrogens (tertiary/aromatic N) is 2. The van der Waals surface area contributed by atoms with Crippen LogP contribution in [0.4, 0.5) is 0 Å². The first-order valence-electron chi connectivity index (χ1n) is 9.02. The third kappa shape index (κ3) is 4.17. The average Bonchev–Trinajstić information content (AvgIpc) is 2.62. The summed E-state index contributed by atoms with van der Waals surface area (Å²) in [5.41, 5.74) is 0.309. The molecule has 0 saturated carbocycles. The van der Waals surface area contributed by atoms with E-state index in [1.165, 1.54) is 12.5 Å². The van der Waals surface area contributed by atoms with Crippen LogP contribution in [-0.4, -0.2) is 52.9 Å². The zero-order chi connectivity index (χ0) is 18.0. The molecule has 1 aromatic rings. The van der Waals surface area contributed by atoms with E-state index in [1.54, 1.807) is 17.0 Å². The zero-order valence-corrected chi connectivity index (χ0v) is 16.2. The number of carbonyl (C=O) groups is 2. The minimum Gasteiger partial charge on any atom is -0.507 e. The van der Waals surface area contributed by atoms with Crippen molar-refractivity contribution < 1.29 is 14.7 Å². The van der Waals surface area contributed by atoms with E-state index in [2.05, 4.69) is 22.9 Å². The lowest BCUT2D eigenvalue weighted by Crippen LogP contribution is -2.47. The molecule has 1 aromatic carbocycles. The highest BCUT2D eigenvalue weighted by atomic mass is 79.9. The smallest absolute Gasteiger partial charge is 0.257 e. The molecule has 3 rings (SSSR count). The molecule has 2 saturated heterocycles. The van der Waals surface area contributed by atoms with Crippen molar-refractivity contribution in [3.05, 3.63) is 28.2 Å². The summed E-state index contributed by atoms with van der Waals surface area (Å²) in [6.45, 7) is 5.05. The van der Waals surface area contributed by atoms with Crippen LogP contribution >= 0.6 is 15.9 Å². The third-order valence-corrected chi connectivity index (χ3v) is 5.78. The maximum absolute atomic E-state index is 12.7. The van der Waals surface area contributed by atoms with E-state index in [1.807, 2.05) is 4.90 Å². The maximum atomic E-state index is 12.7. The Morgan fingerprint density at radius 2 is 1.84 bits per heavy atom. The first kappa shape index (κ1) is 18.2. The highest BCUT2D eigenvalue weighted by Crippen LogP contribution is 2.27. The van der Waals surface area contributed by atoms with Crippen molar-refractivity contribution in [1.29, 1.82) is 0 Å². The van der Waals surface area contributed by atoms with E-state index in [-0.39, 0.29) is 23.5 Å². The predicted molar refractivity (Wildman–Crippen MR) is 99.4 cm³/mol. The SMILES string of the molecule is CC1CCCN(C(=O)C2CCN(C(=O)c3cc(Br)ccc3O)CC2)C1. The molecule has 2 heterocycles. The number of phenols is 1. The van der Waals surface area contributed by atoms with Crippen LogP contribution < -0.4 is 0 Å². The molecule has 2 fully saturated rings. The van der Waals surface area contributed by atoms with E-state index in [4.69, 9.17) is 0 Å². The topological polar surface area (TPSA) is 60.9 Å². The normalized spacial score (nSPS) is 22.1. The van der Waals surface area contributed by atoms with Crippen molar-refractivity contribution in [2.75, 3.05) is 26.2 Å². The van der Waals surface area contributed by atoms with Gasteiger partial charge in [0.15, 0.2) is 0 Å². The van der Waals surface area contributed by atoms with E-state index in [0.29, 0.717) is 37.4 Å². The Kier molecular flexibility index (Phi) is 5.67. The van der Waals surface area contributed by atoms with E-state index < -0.39 is 0 Å². The number of hydrogen-bond acceptors (Lipinski definition) is 3. The molecule has 1 atom stereocenters. The highest BCUT2D eigenvalue weighted by Gasteiger charge is 2.32. The van der Waals surface area contributed by atoms with Gasteiger partial charge in [-0.25, -0.2) is 0 Å². The second-order valence-electron chi connectivity index (χ2n) is 7.26. The molecule has 1 unspecified atom stereocenters. The summed E-state index contributed by atoms with van der Waals surface area (Å²) >= 11 is 3.33. The fourth-order valence-electron chi connectivity index (χ4n) is 3.83. The van der Waals surface area contributed by atoms with E-state index in [9.17, 15) is 14.7 Å². The van der Waals surface area contributed by atoms with Crippen molar-refractivity contribution in [3.8, 4) is 5.75 Å². The van der Waals surface area contributed by atoms with Crippen LogP contribution in [0.15, 0.2) is 22.7 Å². The van der Waals surface area contributed by atoms with Crippen molar-refractivity contribution in [1.82, 2.24) is 9.80 Å². The largest absolute Gasteiger partial charge is 0.507 e. The van der Waals surface area contributed by atoms with E-state index >= 15 is 0 Å². The summed E-state index contributed by atoms with van der Waals surface area (Å²) in [5, 5.41) is 9.94. The number of carbonyl (C=O) groups excluding carboxylic acids is 2. The number of piperidine rings is 2. The van der Waals surface area contributed by atoms with Gasteiger partial charge in [-0.15, -0.1) is 0 Å². The molecule has 2 amide bonds. The fourth-order valence-corrected chi connectivity index (χ4v) is 4.19. The van der Waals surface area contributed by atoms with Crippen molar-refractivity contribution >= 4 is 27.7 Å². The van der Waals surface area contributed by atoms with Crippen LogP contribution in [0.25, 0.3) is 0 Å². The standard InChI is InChI=1S/C19H25BrN2O3/c1-13-3-2-8-22(12-13)18(24)14-6-9-21(10-7-14)19(25)16-11-15(20)4-5-17(16)23/h4-5,11,13-14,23H,2-3,6-10,12H2,1H3. The molecular weight excluding hydrogens is 384 g/mol. The van der Waals surface area contributed by atoms with Gasteiger partial charge in [-0.2, -0.15) is 0 Å². The average molecular weight is 409 g/mol. The van der Waals surface area contributed by atoms with Gasteiger partial charge in [0.1, 0.15) is 5.75 Å².